The molecular formula is C18H26N4O4. The number of fused-ring (bicyclic) bond motifs is 1. The van der Waals surface area contributed by atoms with E-state index in [0.29, 0.717) is 11.4 Å². The SMILES string of the molecule is CCC(CC)NC(=O)[C@@H]1CN(CC(=O)NC(=O)NC)c2ccccc2O1. The first-order valence-electron chi connectivity index (χ1n) is 8.81. The van der Waals surface area contributed by atoms with E-state index in [1.807, 2.05) is 32.0 Å². The minimum absolute atomic E-state index is 0.0530. The van der Waals surface area contributed by atoms with Gasteiger partial charge in [0.1, 0.15) is 5.75 Å². The van der Waals surface area contributed by atoms with Crippen LogP contribution < -0.4 is 25.6 Å². The van der Waals surface area contributed by atoms with Gasteiger partial charge in [0.05, 0.1) is 18.8 Å². The van der Waals surface area contributed by atoms with E-state index >= 15 is 0 Å². The molecule has 0 unspecified atom stereocenters. The number of carbonyl (C=O) groups excluding carboxylic acids is 3. The maximum Gasteiger partial charge on any atom is 0.321 e. The van der Waals surface area contributed by atoms with Crippen LogP contribution in [-0.4, -0.2) is 50.1 Å². The Hall–Kier alpha value is -2.77. The topological polar surface area (TPSA) is 99.8 Å². The van der Waals surface area contributed by atoms with Gasteiger partial charge in [-0.1, -0.05) is 26.0 Å². The van der Waals surface area contributed by atoms with Crippen LogP contribution in [0.5, 0.6) is 5.75 Å². The summed E-state index contributed by atoms with van der Waals surface area (Å²) in [5.41, 5.74) is 0.714. The molecule has 0 radical (unpaired) electrons. The molecule has 0 fully saturated rings. The number of anilines is 1. The molecule has 2 rings (SSSR count). The summed E-state index contributed by atoms with van der Waals surface area (Å²) in [6.07, 6.45) is 0.950. The number of benzene rings is 1. The lowest BCUT2D eigenvalue weighted by Gasteiger charge is -2.35. The minimum Gasteiger partial charge on any atom is -0.477 e. The molecule has 1 aromatic carbocycles. The molecular weight excluding hydrogens is 336 g/mol. The van der Waals surface area contributed by atoms with E-state index < -0.39 is 18.0 Å². The van der Waals surface area contributed by atoms with Gasteiger partial charge in [-0.25, -0.2) is 4.79 Å². The third-order valence-corrected chi connectivity index (χ3v) is 4.30. The first kappa shape index (κ1) is 19.6. The van der Waals surface area contributed by atoms with Gasteiger partial charge in [0.25, 0.3) is 5.91 Å². The third-order valence-electron chi connectivity index (χ3n) is 4.30. The monoisotopic (exact) mass is 362 g/mol. The van der Waals surface area contributed by atoms with Crippen molar-refractivity contribution < 1.29 is 19.1 Å². The lowest BCUT2D eigenvalue weighted by Crippen LogP contribution is -2.53. The van der Waals surface area contributed by atoms with Crippen molar-refractivity contribution in [2.45, 2.75) is 38.8 Å². The summed E-state index contributed by atoms with van der Waals surface area (Å²) in [5.74, 6) is -0.124. The Morgan fingerprint density at radius 1 is 1.23 bits per heavy atom. The lowest BCUT2D eigenvalue weighted by atomic mass is 10.1. The Balaban J connectivity index is 2.13. The summed E-state index contributed by atoms with van der Waals surface area (Å²) in [6, 6.07) is 6.74. The normalized spacial score (nSPS) is 15.7. The summed E-state index contributed by atoms with van der Waals surface area (Å²) < 4.78 is 5.83. The van der Waals surface area contributed by atoms with Gasteiger partial charge in [-0.2, -0.15) is 0 Å². The molecule has 1 aromatic rings. The first-order valence-corrected chi connectivity index (χ1v) is 8.81. The van der Waals surface area contributed by atoms with Crippen LogP contribution in [0.2, 0.25) is 0 Å². The highest BCUT2D eigenvalue weighted by atomic mass is 16.5. The van der Waals surface area contributed by atoms with E-state index in [4.69, 9.17) is 4.74 Å². The Bertz CT molecular complexity index is 660. The van der Waals surface area contributed by atoms with Gasteiger partial charge in [0.15, 0.2) is 6.10 Å². The van der Waals surface area contributed by atoms with Crippen LogP contribution in [0, 0.1) is 0 Å². The average molecular weight is 362 g/mol. The van der Waals surface area contributed by atoms with Gasteiger partial charge < -0.3 is 20.3 Å². The van der Waals surface area contributed by atoms with Gasteiger partial charge in [0, 0.05) is 13.1 Å². The molecule has 142 valence electrons. The van der Waals surface area contributed by atoms with E-state index in [0.717, 1.165) is 12.8 Å². The number of hydrogen-bond donors (Lipinski definition) is 3. The Morgan fingerprint density at radius 2 is 1.92 bits per heavy atom. The van der Waals surface area contributed by atoms with Crippen LogP contribution in [0.3, 0.4) is 0 Å². The van der Waals surface area contributed by atoms with Crippen LogP contribution in [0.1, 0.15) is 26.7 Å². The number of nitrogens with one attached hydrogen (secondary N) is 3. The summed E-state index contributed by atoms with van der Waals surface area (Å²) in [7, 11) is 1.44. The molecule has 1 atom stereocenters. The van der Waals surface area contributed by atoms with E-state index in [1.54, 1.807) is 11.0 Å². The summed E-state index contributed by atoms with van der Waals surface area (Å²) in [6.45, 7) is 4.20. The van der Waals surface area contributed by atoms with Crippen molar-refractivity contribution in [2.24, 2.45) is 0 Å². The molecule has 4 amide bonds. The summed E-state index contributed by atoms with van der Waals surface area (Å²) >= 11 is 0. The van der Waals surface area contributed by atoms with Crippen LogP contribution >= 0.6 is 0 Å². The predicted octanol–water partition coefficient (Wildman–Crippen LogP) is 1.01. The minimum atomic E-state index is -0.724. The van der Waals surface area contributed by atoms with Crippen molar-refractivity contribution in [3.63, 3.8) is 0 Å². The molecule has 26 heavy (non-hydrogen) atoms. The molecule has 1 aliphatic rings. The number of hydrogen-bond acceptors (Lipinski definition) is 5. The van der Waals surface area contributed by atoms with Crippen molar-refractivity contribution in [3.05, 3.63) is 24.3 Å². The van der Waals surface area contributed by atoms with Crippen LogP contribution in [0.4, 0.5) is 10.5 Å². The molecule has 0 bridgehead atoms. The quantitative estimate of drug-likeness (QED) is 0.701. The smallest absolute Gasteiger partial charge is 0.321 e. The second-order valence-electron chi connectivity index (χ2n) is 6.10. The number of imide groups is 1. The zero-order chi connectivity index (χ0) is 19.1. The fraction of sp³-hybridized carbons (Fsp3) is 0.500. The third kappa shape index (κ3) is 4.87. The first-order chi connectivity index (χ1) is 12.5. The van der Waals surface area contributed by atoms with Gasteiger partial charge in [-0.05, 0) is 25.0 Å². The van der Waals surface area contributed by atoms with Crippen LogP contribution in [0.25, 0.3) is 0 Å². The van der Waals surface area contributed by atoms with E-state index in [1.165, 1.54) is 7.05 Å². The van der Waals surface area contributed by atoms with Crippen LogP contribution in [0.15, 0.2) is 24.3 Å². The Labute approximate surface area is 153 Å². The van der Waals surface area contributed by atoms with Crippen molar-refractivity contribution in [1.82, 2.24) is 16.0 Å². The Kier molecular flexibility index (Phi) is 6.82. The van der Waals surface area contributed by atoms with Crippen molar-refractivity contribution in [1.29, 1.82) is 0 Å². The largest absolute Gasteiger partial charge is 0.477 e. The fourth-order valence-corrected chi connectivity index (χ4v) is 2.78. The number of rotatable bonds is 6. The zero-order valence-corrected chi connectivity index (χ0v) is 15.4. The number of ether oxygens (including phenoxy) is 1. The molecule has 0 aromatic heterocycles. The number of para-hydroxylation sites is 2. The van der Waals surface area contributed by atoms with Gasteiger partial charge in [0.2, 0.25) is 5.91 Å². The molecule has 0 saturated carbocycles. The standard InChI is InChI=1S/C18H26N4O4/c1-4-12(5-2)20-17(24)15-10-22(11-16(23)21-18(25)19-3)13-8-6-7-9-14(13)26-15/h6-9,12,15H,4-5,10-11H2,1-3H3,(H,20,24)(H2,19,21,23,25)/t15-/m0/s1. The molecule has 8 nitrogen and oxygen atoms in total. The second kappa shape index (κ2) is 9.07. The highest BCUT2D eigenvalue weighted by molar-refractivity contribution is 5.96. The van der Waals surface area contributed by atoms with E-state index in [9.17, 15) is 14.4 Å². The van der Waals surface area contributed by atoms with Gasteiger partial charge in [-0.15, -0.1) is 0 Å². The van der Waals surface area contributed by atoms with Crippen molar-refractivity contribution in [3.8, 4) is 5.75 Å². The van der Waals surface area contributed by atoms with Gasteiger partial charge >= 0.3 is 6.03 Å². The predicted molar refractivity (Wildman–Crippen MR) is 98.2 cm³/mol. The highest BCUT2D eigenvalue weighted by Crippen LogP contribution is 2.32. The molecule has 0 saturated heterocycles. The molecule has 3 N–H and O–H groups in total. The second-order valence-corrected chi connectivity index (χ2v) is 6.10. The fourth-order valence-electron chi connectivity index (χ4n) is 2.78. The highest BCUT2D eigenvalue weighted by Gasteiger charge is 2.32. The summed E-state index contributed by atoms with van der Waals surface area (Å²) in [5, 5.41) is 7.54. The van der Waals surface area contributed by atoms with Gasteiger partial charge in [-0.3, -0.25) is 14.9 Å². The number of amides is 4. The van der Waals surface area contributed by atoms with Crippen LogP contribution in [-0.2, 0) is 9.59 Å². The molecule has 0 spiro atoms. The molecule has 1 aliphatic heterocycles. The zero-order valence-electron chi connectivity index (χ0n) is 15.4. The number of carbonyl (C=O) groups is 3. The summed E-state index contributed by atoms with van der Waals surface area (Å²) in [4.78, 5) is 37.7. The number of urea groups is 1. The molecule has 0 aliphatic carbocycles. The van der Waals surface area contributed by atoms with Crippen molar-refractivity contribution in [2.75, 3.05) is 25.0 Å². The average Bonchev–Trinajstić information content (AvgIpc) is 2.65. The lowest BCUT2D eigenvalue weighted by molar-refractivity contribution is -0.129. The number of nitrogens with zero attached hydrogens (tertiary/aromatic N) is 1. The molecule has 1 heterocycles. The molecule has 8 heteroatoms. The maximum atomic E-state index is 12.6. The Morgan fingerprint density at radius 3 is 2.58 bits per heavy atom. The van der Waals surface area contributed by atoms with E-state index in [-0.39, 0.29) is 25.0 Å². The van der Waals surface area contributed by atoms with Crippen molar-refractivity contribution >= 4 is 23.5 Å². The van der Waals surface area contributed by atoms with E-state index in [2.05, 4.69) is 16.0 Å². The maximum absolute atomic E-state index is 12.6.